The highest BCUT2D eigenvalue weighted by atomic mass is 35.5. The molecule has 0 bridgehead atoms. The van der Waals surface area contributed by atoms with Crippen molar-refractivity contribution < 1.29 is 9.47 Å². The van der Waals surface area contributed by atoms with Gasteiger partial charge in [0, 0.05) is 12.8 Å². The molecule has 0 aliphatic carbocycles. The van der Waals surface area contributed by atoms with Gasteiger partial charge in [0.05, 0.1) is 19.8 Å². The molecule has 0 aliphatic heterocycles. The van der Waals surface area contributed by atoms with E-state index in [1.165, 1.54) is 0 Å². The average Bonchev–Trinajstić information content (AvgIpc) is 2.18. The second kappa shape index (κ2) is 6.76. The molecule has 3 nitrogen and oxygen atoms in total. The van der Waals surface area contributed by atoms with Crippen molar-refractivity contribution in [3.8, 4) is 0 Å². The summed E-state index contributed by atoms with van der Waals surface area (Å²) in [5.74, 6) is 0. The van der Waals surface area contributed by atoms with E-state index in [1.54, 1.807) is 12.3 Å². The fourth-order valence-electron chi connectivity index (χ4n) is 0.985. The maximum Gasteiger partial charge on any atom is 0.129 e. The topological polar surface area (TPSA) is 31.4 Å². The molecule has 1 aromatic rings. The highest BCUT2D eigenvalue weighted by Crippen LogP contribution is 2.07. The molecule has 0 unspecified atom stereocenters. The Hall–Kier alpha value is -0.640. The van der Waals surface area contributed by atoms with Gasteiger partial charge in [0.1, 0.15) is 5.15 Å². The average molecular weight is 216 g/mol. The van der Waals surface area contributed by atoms with Crippen LogP contribution in [0.3, 0.4) is 0 Å². The first kappa shape index (κ1) is 11.4. The molecule has 0 aliphatic rings. The third-order valence-electron chi connectivity index (χ3n) is 1.64. The van der Waals surface area contributed by atoms with Crippen LogP contribution in [0.25, 0.3) is 0 Å². The Morgan fingerprint density at radius 1 is 1.36 bits per heavy atom. The number of rotatable bonds is 6. The first-order valence-corrected chi connectivity index (χ1v) is 4.96. The largest absolute Gasteiger partial charge is 0.379 e. The number of aromatic nitrogens is 1. The van der Waals surface area contributed by atoms with E-state index in [4.69, 9.17) is 21.1 Å². The number of hydrogen-bond acceptors (Lipinski definition) is 3. The first-order valence-electron chi connectivity index (χ1n) is 4.59. The van der Waals surface area contributed by atoms with Gasteiger partial charge in [-0.05, 0) is 24.6 Å². The second-order valence-electron chi connectivity index (χ2n) is 2.74. The highest BCUT2D eigenvalue weighted by Gasteiger charge is 1.95. The van der Waals surface area contributed by atoms with E-state index in [9.17, 15) is 0 Å². The summed E-state index contributed by atoms with van der Waals surface area (Å²) >= 11 is 5.72. The fourth-order valence-corrected chi connectivity index (χ4v) is 1.18. The highest BCUT2D eigenvalue weighted by molar-refractivity contribution is 6.29. The van der Waals surface area contributed by atoms with Crippen molar-refractivity contribution in [2.24, 2.45) is 0 Å². The molecule has 4 heteroatoms. The van der Waals surface area contributed by atoms with Crippen molar-refractivity contribution >= 4 is 11.6 Å². The molecule has 1 rings (SSSR count). The van der Waals surface area contributed by atoms with Crippen LogP contribution >= 0.6 is 11.6 Å². The third kappa shape index (κ3) is 4.56. The van der Waals surface area contributed by atoms with E-state index in [0.717, 1.165) is 12.2 Å². The molecular formula is C10H14ClNO2. The summed E-state index contributed by atoms with van der Waals surface area (Å²) in [4.78, 5) is 3.88. The van der Waals surface area contributed by atoms with Crippen molar-refractivity contribution in [3.63, 3.8) is 0 Å². The zero-order chi connectivity index (χ0) is 10.2. The van der Waals surface area contributed by atoms with E-state index in [1.807, 2.05) is 13.0 Å². The van der Waals surface area contributed by atoms with Gasteiger partial charge in [-0.2, -0.15) is 0 Å². The Bertz CT molecular complexity index is 268. The zero-order valence-corrected chi connectivity index (χ0v) is 8.96. The molecule has 1 heterocycles. The molecule has 1 aromatic heterocycles. The van der Waals surface area contributed by atoms with Gasteiger partial charge >= 0.3 is 0 Å². The molecule has 0 radical (unpaired) electrons. The summed E-state index contributed by atoms with van der Waals surface area (Å²) in [6.45, 7) is 4.48. The Balaban J connectivity index is 2.18. The van der Waals surface area contributed by atoms with Crippen molar-refractivity contribution in [3.05, 3.63) is 29.0 Å². The number of ether oxygens (including phenoxy) is 2. The van der Waals surface area contributed by atoms with E-state index in [0.29, 0.717) is 25.0 Å². The molecule has 0 N–H and O–H groups in total. The minimum atomic E-state index is 0.496. The van der Waals surface area contributed by atoms with Gasteiger partial charge in [0.2, 0.25) is 0 Å². The van der Waals surface area contributed by atoms with E-state index >= 15 is 0 Å². The molecule has 0 saturated carbocycles. The lowest BCUT2D eigenvalue weighted by atomic mass is 10.3. The quantitative estimate of drug-likeness (QED) is 0.539. The van der Waals surface area contributed by atoms with Crippen LogP contribution in [0, 0.1) is 0 Å². The van der Waals surface area contributed by atoms with Crippen LogP contribution < -0.4 is 0 Å². The van der Waals surface area contributed by atoms with E-state index < -0.39 is 0 Å². The van der Waals surface area contributed by atoms with Gasteiger partial charge in [-0.25, -0.2) is 4.98 Å². The van der Waals surface area contributed by atoms with Crippen LogP contribution in [0.1, 0.15) is 12.5 Å². The Kier molecular flexibility index (Phi) is 5.52. The van der Waals surface area contributed by atoms with Crippen molar-refractivity contribution in [2.75, 3.05) is 19.8 Å². The van der Waals surface area contributed by atoms with Crippen LogP contribution in [-0.2, 0) is 16.1 Å². The molecule has 78 valence electrons. The number of hydrogen-bond donors (Lipinski definition) is 0. The molecule has 0 atom stereocenters. The Labute approximate surface area is 89.0 Å². The minimum Gasteiger partial charge on any atom is -0.379 e. The molecular weight excluding hydrogens is 202 g/mol. The second-order valence-corrected chi connectivity index (χ2v) is 3.12. The SMILES string of the molecule is CCOCCOCc1ccnc(Cl)c1. The monoisotopic (exact) mass is 215 g/mol. The summed E-state index contributed by atoms with van der Waals surface area (Å²) in [7, 11) is 0. The lowest BCUT2D eigenvalue weighted by molar-refractivity contribution is 0.0453. The maximum atomic E-state index is 5.72. The summed E-state index contributed by atoms with van der Waals surface area (Å²) in [6.07, 6.45) is 1.67. The van der Waals surface area contributed by atoms with Crippen molar-refractivity contribution in [2.45, 2.75) is 13.5 Å². The Morgan fingerprint density at radius 2 is 2.14 bits per heavy atom. The number of pyridine rings is 1. The third-order valence-corrected chi connectivity index (χ3v) is 1.84. The molecule has 14 heavy (non-hydrogen) atoms. The normalized spacial score (nSPS) is 10.4. The van der Waals surface area contributed by atoms with Crippen LogP contribution in [0.4, 0.5) is 0 Å². The van der Waals surface area contributed by atoms with Gasteiger partial charge in [-0.15, -0.1) is 0 Å². The van der Waals surface area contributed by atoms with Crippen LogP contribution in [0.5, 0.6) is 0 Å². The summed E-state index contributed by atoms with van der Waals surface area (Å²) in [5, 5.41) is 0.496. The molecule has 0 amide bonds. The maximum absolute atomic E-state index is 5.72. The molecule has 0 spiro atoms. The van der Waals surface area contributed by atoms with Crippen LogP contribution in [-0.4, -0.2) is 24.8 Å². The summed E-state index contributed by atoms with van der Waals surface area (Å²) < 4.78 is 10.5. The molecule has 0 aromatic carbocycles. The lowest BCUT2D eigenvalue weighted by Gasteiger charge is -2.04. The fraction of sp³-hybridized carbons (Fsp3) is 0.500. The van der Waals surface area contributed by atoms with Crippen molar-refractivity contribution in [1.29, 1.82) is 0 Å². The van der Waals surface area contributed by atoms with Gasteiger partial charge in [0.15, 0.2) is 0 Å². The van der Waals surface area contributed by atoms with Gasteiger partial charge in [0.25, 0.3) is 0 Å². The predicted octanol–water partition coefficient (Wildman–Crippen LogP) is 2.29. The van der Waals surface area contributed by atoms with Gasteiger partial charge in [-0.3, -0.25) is 0 Å². The zero-order valence-electron chi connectivity index (χ0n) is 8.20. The lowest BCUT2D eigenvalue weighted by Crippen LogP contribution is -2.03. The standard InChI is InChI=1S/C10H14ClNO2/c1-2-13-5-6-14-8-9-3-4-12-10(11)7-9/h3-4,7H,2,5-6,8H2,1H3. The van der Waals surface area contributed by atoms with Gasteiger partial charge < -0.3 is 9.47 Å². The van der Waals surface area contributed by atoms with E-state index in [2.05, 4.69) is 4.98 Å². The predicted molar refractivity (Wildman–Crippen MR) is 55.4 cm³/mol. The number of nitrogens with zero attached hydrogens (tertiary/aromatic N) is 1. The van der Waals surface area contributed by atoms with Crippen LogP contribution in [0.15, 0.2) is 18.3 Å². The number of halogens is 1. The van der Waals surface area contributed by atoms with Crippen LogP contribution in [0.2, 0.25) is 5.15 Å². The summed E-state index contributed by atoms with van der Waals surface area (Å²) in [5.41, 5.74) is 1.03. The smallest absolute Gasteiger partial charge is 0.129 e. The van der Waals surface area contributed by atoms with Gasteiger partial charge in [-0.1, -0.05) is 11.6 Å². The van der Waals surface area contributed by atoms with E-state index in [-0.39, 0.29) is 0 Å². The molecule has 0 saturated heterocycles. The van der Waals surface area contributed by atoms with Crippen molar-refractivity contribution in [1.82, 2.24) is 4.98 Å². The molecule has 0 fully saturated rings. The first-order chi connectivity index (χ1) is 6.83. The Morgan fingerprint density at radius 3 is 2.86 bits per heavy atom. The summed E-state index contributed by atoms with van der Waals surface area (Å²) in [6, 6.07) is 3.68. The minimum absolute atomic E-state index is 0.496.